The summed E-state index contributed by atoms with van der Waals surface area (Å²) in [5.41, 5.74) is 0.623. The van der Waals surface area contributed by atoms with E-state index in [2.05, 4.69) is 5.32 Å². The Hall–Kier alpha value is -2.77. The van der Waals surface area contributed by atoms with E-state index in [0.717, 1.165) is 6.29 Å². The SMILES string of the molecule is O=CC1CCN(c2ccc(N3CCC(=O)NC3=O)c(O)c2O)CC1. The van der Waals surface area contributed by atoms with Gasteiger partial charge < -0.3 is 19.9 Å². The Morgan fingerprint density at radius 2 is 1.67 bits per heavy atom. The van der Waals surface area contributed by atoms with Crippen LogP contribution in [0.3, 0.4) is 0 Å². The third kappa shape index (κ3) is 2.86. The summed E-state index contributed by atoms with van der Waals surface area (Å²) >= 11 is 0. The highest BCUT2D eigenvalue weighted by atomic mass is 16.3. The van der Waals surface area contributed by atoms with Gasteiger partial charge in [0.1, 0.15) is 6.29 Å². The molecule has 0 aliphatic carbocycles. The number of phenolic OH excluding ortho intramolecular Hbond substituents is 2. The summed E-state index contributed by atoms with van der Waals surface area (Å²) in [5, 5.41) is 22.8. The molecule has 0 bridgehead atoms. The highest BCUT2D eigenvalue weighted by Gasteiger charge is 2.29. The molecule has 8 heteroatoms. The first-order valence-corrected chi connectivity index (χ1v) is 7.87. The average Bonchev–Trinajstić information content (AvgIpc) is 2.58. The number of nitrogens with zero attached hydrogens (tertiary/aromatic N) is 2. The van der Waals surface area contributed by atoms with Crippen molar-refractivity contribution in [2.24, 2.45) is 5.92 Å². The van der Waals surface area contributed by atoms with Crippen LogP contribution in [0, 0.1) is 5.92 Å². The number of phenols is 2. The lowest BCUT2D eigenvalue weighted by Crippen LogP contribution is -2.49. The number of rotatable bonds is 3. The number of anilines is 2. The van der Waals surface area contributed by atoms with Crippen molar-refractivity contribution in [2.75, 3.05) is 29.4 Å². The van der Waals surface area contributed by atoms with Gasteiger partial charge in [0.05, 0.1) is 11.4 Å². The van der Waals surface area contributed by atoms with Crippen LogP contribution in [0.1, 0.15) is 19.3 Å². The van der Waals surface area contributed by atoms with E-state index in [1.165, 1.54) is 4.90 Å². The van der Waals surface area contributed by atoms with E-state index in [4.69, 9.17) is 0 Å². The molecule has 1 aromatic rings. The molecule has 128 valence electrons. The molecule has 0 unspecified atom stereocenters. The summed E-state index contributed by atoms with van der Waals surface area (Å²) in [6, 6.07) is 2.56. The van der Waals surface area contributed by atoms with Crippen LogP contribution >= 0.6 is 0 Å². The first kappa shape index (κ1) is 16.1. The minimum Gasteiger partial charge on any atom is -0.503 e. The second-order valence-corrected chi connectivity index (χ2v) is 6.02. The van der Waals surface area contributed by atoms with Crippen LogP contribution in [0.15, 0.2) is 12.1 Å². The molecule has 0 spiro atoms. The summed E-state index contributed by atoms with van der Waals surface area (Å²) < 4.78 is 0. The number of hydrogen-bond donors (Lipinski definition) is 3. The monoisotopic (exact) mass is 333 g/mol. The molecule has 2 fully saturated rings. The highest BCUT2D eigenvalue weighted by Crippen LogP contribution is 2.44. The third-order valence-corrected chi connectivity index (χ3v) is 4.53. The summed E-state index contributed by atoms with van der Waals surface area (Å²) in [6.45, 7) is 1.35. The number of carbonyl (C=O) groups excluding carboxylic acids is 3. The molecule has 1 aromatic carbocycles. The van der Waals surface area contributed by atoms with E-state index in [0.29, 0.717) is 31.6 Å². The summed E-state index contributed by atoms with van der Waals surface area (Å²) in [7, 11) is 0. The Kier molecular flexibility index (Phi) is 4.28. The van der Waals surface area contributed by atoms with E-state index in [1.54, 1.807) is 12.1 Å². The lowest BCUT2D eigenvalue weighted by atomic mass is 9.98. The van der Waals surface area contributed by atoms with Gasteiger partial charge in [0, 0.05) is 32.0 Å². The minimum absolute atomic E-state index is 0.0332. The lowest BCUT2D eigenvalue weighted by molar-refractivity contribution is -0.120. The van der Waals surface area contributed by atoms with Crippen LogP contribution < -0.4 is 15.1 Å². The standard InChI is InChI=1S/C16H19N3O5/c20-9-10-3-6-18(7-4-10)11-1-2-12(15(23)14(11)22)19-8-5-13(21)17-16(19)24/h1-2,9-10,22-23H,3-8H2,(H,17,21,24). The zero-order valence-electron chi connectivity index (χ0n) is 13.1. The molecule has 0 atom stereocenters. The smallest absolute Gasteiger partial charge is 0.328 e. The van der Waals surface area contributed by atoms with Crippen LogP contribution in [0.2, 0.25) is 0 Å². The molecular weight excluding hydrogens is 314 g/mol. The van der Waals surface area contributed by atoms with Crippen molar-refractivity contribution in [1.82, 2.24) is 5.32 Å². The fourth-order valence-corrected chi connectivity index (χ4v) is 3.10. The average molecular weight is 333 g/mol. The van der Waals surface area contributed by atoms with Crippen molar-refractivity contribution in [3.63, 3.8) is 0 Å². The Balaban J connectivity index is 1.83. The molecule has 2 aliphatic rings. The highest BCUT2D eigenvalue weighted by molar-refractivity contribution is 6.06. The van der Waals surface area contributed by atoms with Gasteiger partial charge in [0.25, 0.3) is 0 Å². The minimum atomic E-state index is -0.625. The number of aromatic hydroxyl groups is 2. The number of imide groups is 1. The number of carbonyl (C=O) groups is 3. The van der Waals surface area contributed by atoms with E-state index in [9.17, 15) is 24.6 Å². The Labute approximate surface area is 138 Å². The normalized spacial score (nSPS) is 19.3. The molecule has 8 nitrogen and oxygen atoms in total. The van der Waals surface area contributed by atoms with Gasteiger partial charge in [-0.1, -0.05) is 0 Å². The van der Waals surface area contributed by atoms with Gasteiger partial charge in [0.2, 0.25) is 5.91 Å². The van der Waals surface area contributed by atoms with Crippen molar-refractivity contribution in [3.8, 4) is 11.5 Å². The Bertz CT molecular complexity index is 683. The number of benzene rings is 1. The fourth-order valence-electron chi connectivity index (χ4n) is 3.10. The predicted molar refractivity (Wildman–Crippen MR) is 86.3 cm³/mol. The number of hydrogen-bond acceptors (Lipinski definition) is 6. The van der Waals surface area contributed by atoms with Gasteiger partial charge in [-0.05, 0) is 25.0 Å². The zero-order chi connectivity index (χ0) is 17.3. The molecule has 2 saturated heterocycles. The summed E-state index contributed by atoms with van der Waals surface area (Å²) in [4.78, 5) is 37.0. The van der Waals surface area contributed by atoms with E-state index < -0.39 is 11.8 Å². The van der Waals surface area contributed by atoms with Crippen molar-refractivity contribution >= 4 is 29.6 Å². The largest absolute Gasteiger partial charge is 0.503 e. The number of aldehydes is 1. The molecule has 3 N–H and O–H groups in total. The fraction of sp³-hybridized carbons (Fsp3) is 0.438. The maximum absolute atomic E-state index is 11.9. The van der Waals surface area contributed by atoms with Gasteiger partial charge in [-0.25, -0.2) is 4.79 Å². The van der Waals surface area contributed by atoms with Gasteiger partial charge >= 0.3 is 6.03 Å². The van der Waals surface area contributed by atoms with E-state index >= 15 is 0 Å². The molecule has 3 rings (SSSR count). The van der Waals surface area contributed by atoms with Crippen LogP contribution in [0.25, 0.3) is 0 Å². The molecular formula is C16H19N3O5. The molecule has 0 aromatic heterocycles. The van der Waals surface area contributed by atoms with E-state index in [-0.39, 0.29) is 36.2 Å². The number of amides is 3. The van der Waals surface area contributed by atoms with Crippen LogP contribution in [0.4, 0.5) is 16.2 Å². The quantitative estimate of drug-likeness (QED) is 0.561. The molecule has 0 saturated carbocycles. The van der Waals surface area contributed by atoms with Crippen molar-refractivity contribution < 1.29 is 24.6 Å². The second kappa shape index (κ2) is 6.38. The molecule has 24 heavy (non-hydrogen) atoms. The molecule has 0 radical (unpaired) electrons. The zero-order valence-corrected chi connectivity index (χ0v) is 13.1. The van der Waals surface area contributed by atoms with Gasteiger partial charge in [-0.3, -0.25) is 15.0 Å². The third-order valence-electron chi connectivity index (χ3n) is 4.53. The summed E-state index contributed by atoms with van der Waals surface area (Å²) in [5.74, 6) is -1.03. The van der Waals surface area contributed by atoms with Crippen molar-refractivity contribution in [2.45, 2.75) is 19.3 Å². The number of urea groups is 1. The Morgan fingerprint density at radius 1 is 1.04 bits per heavy atom. The van der Waals surface area contributed by atoms with Crippen LogP contribution in [0.5, 0.6) is 11.5 Å². The van der Waals surface area contributed by atoms with Crippen molar-refractivity contribution in [1.29, 1.82) is 0 Å². The second-order valence-electron chi connectivity index (χ2n) is 6.02. The van der Waals surface area contributed by atoms with Gasteiger partial charge in [-0.2, -0.15) is 0 Å². The molecule has 2 aliphatic heterocycles. The molecule has 3 amide bonds. The predicted octanol–water partition coefficient (Wildman–Crippen LogP) is 0.959. The first-order valence-electron chi connectivity index (χ1n) is 7.87. The number of nitrogens with one attached hydrogen (secondary N) is 1. The van der Waals surface area contributed by atoms with Gasteiger partial charge in [0.15, 0.2) is 11.5 Å². The van der Waals surface area contributed by atoms with Crippen LogP contribution in [-0.2, 0) is 9.59 Å². The maximum atomic E-state index is 11.9. The van der Waals surface area contributed by atoms with E-state index in [1.807, 2.05) is 4.90 Å². The topological polar surface area (TPSA) is 110 Å². The molecule has 2 heterocycles. The van der Waals surface area contributed by atoms with Crippen LogP contribution in [-0.4, -0.2) is 48.1 Å². The van der Waals surface area contributed by atoms with Gasteiger partial charge in [-0.15, -0.1) is 0 Å². The number of piperidine rings is 1. The maximum Gasteiger partial charge on any atom is 0.328 e. The summed E-state index contributed by atoms with van der Waals surface area (Å²) in [6.07, 6.45) is 2.48. The van der Waals surface area contributed by atoms with Crippen molar-refractivity contribution in [3.05, 3.63) is 12.1 Å². The first-order chi connectivity index (χ1) is 11.5. The lowest BCUT2D eigenvalue weighted by Gasteiger charge is -2.33. The Morgan fingerprint density at radius 3 is 2.29 bits per heavy atom.